The van der Waals surface area contributed by atoms with Crippen molar-refractivity contribution >= 4 is 17.7 Å². The van der Waals surface area contributed by atoms with Crippen LogP contribution in [0.3, 0.4) is 0 Å². The van der Waals surface area contributed by atoms with Crippen molar-refractivity contribution in [1.29, 1.82) is 0 Å². The molecule has 24 heavy (non-hydrogen) atoms. The summed E-state index contributed by atoms with van der Waals surface area (Å²) in [6.45, 7) is 3.28. The highest BCUT2D eigenvalue weighted by molar-refractivity contribution is 5.89. The summed E-state index contributed by atoms with van der Waals surface area (Å²) < 4.78 is 0. The van der Waals surface area contributed by atoms with Crippen LogP contribution in [-0.2, 0) is 0 Å². The molecule has 3 rings (SSSR count). The Kier molecular flexibility index (Phi) is 4.79. The van der Waals surface area contributed by atoms with Crippen molar-refractivity contribution in [3.8, 4) is 0 Å². The molecular formula is C17H21N5O2. The Bertz CT molecular complexity index is 751. The molecule has 0 unspecified atom stereocenters. The van der Waals surface area contributed by atoms with Crippen LogP contribution in [0.5, 0.6) is 0 Å². The molecule has 1 fully saturated rings. The maximum absolute atomic E-state index is 12.0. The molecule has 126 valence electrons. The zero-order chi connectivity index (χ0) is 16.9. The van der Waals surface area contributed by atoms with Gasteiger partial charge in [0.1, 0.15) is 0 Å². The van der Waals surface area contributed by atoms with Crippen molar-refractivity contribution in [3.05, 3.63) is 52.4 Å². The second-order valence-corrected chi connectivity index (χ2v) is 5.94. The summed E-state index contributed by atoms with van der Waals surface area (Å²) in [4.78, 5) is 32.8. The Morgan fingerprint density at radius 2 is 1.96 bits per heavy atom. The largest absolute Gasteiger partial charge is 0.342 e. The lowest BCUT2D eigenvalue weighted by Crippen LogP contribution is -2.46. The van der Waals surface area contributed by atoms with Crippen molar-refractivity contribution in [2.75, 3.05) is 23.3 Å². The summed E-state index contributed by atoms with van der Waals surface area (Å²) in [5, 5.41) is 5.82. The van der Waals surface area contributed by atoms with E-state index in [9.17, 15) is 9.59 Å². The number of amides is 2. The number of rotatable bonds is 3. The Hall–Kier alpha value is -2.83. The van der Waals surface area contributed by atoms with Gasteiger partial charge in [-0.15, -0.1) is 0 Å². The highest BCUT2D eigenvalue weighted by Crippen LogP contribution is 2.15. The van der Waals surface area contributed by atoms with Gasteiger partial charge in [-0.25, -0.2) is 9.78 Å². The van der Waals surface area contributed by atoms with E-state index in [2.05, 4.69) is 20.6 Å². The molecular weight excluding hydrogens is 306 g/mol. The molecule has 2 aromatic rings. The zero-order valence-electron chi connectivity index (χ0n) is 13.6. The minimum absolute atomic E-state index is 0.112. The SMILES string of the molecule is Cc1cc(=O)[nH]c(N2CCC(NC(=O)Nc3ccccc3)CC2)n1. The fourth-order valence-corrected chi connectivity index (χ4v) is 2.82. The highest BCUT2D eigenvalue weighted by atomic mass is 16.2. The molecule has 7 heteroatoms. The summed E-state index contributed by atoms with van der Waals surface area (Å²) in [7, 11) is 0. The van der Waals surface area contributed by atoms with Gasteiger partial charge in [-0.3, -0.25) is 9.78 Å². The quantitative estimate of drug-likeness (QED) is 0.803. The van der Waals surface area contributed by atoms with Crippen LogP contribution in [0.15, 0.2) is 41.2 Å². The van der Waals surface area contributed by atoms with Gasteiger partial charge in [0.2, 0.25) is 5.95 Å². The Morgan fingerprint density at radius 3 is 2.62 bits per heavy atom. The fraction of sp³-hybridized carbons (Fsp3) is 0.353. The average molecular weight is 327 g/mol. The van der Waals surface area contributed by atoms with Gasteiger partial charge in [0.05, 0.1) is 0 Å². The predicted molar refractivity (Wildman–Crippen MR) is 93.4 cm³/mol. The van der Waals surface area contributed by atoms with Gasteiger partial charge in [0, 0.05) is 36.6 Å². The molecule has 0 bridgehead atoms. The maximum Gasteiger partial charge on any atom is 0.319 e. The number of carbonyl (C=O) groups is 1. The predicted octanol–water partition coefficient (Wildman–Crippen LogP) is 1.87. The molecule has 1 saturated heterocycles. The minimum Gasteiger partial charge on any atom is -0.342 e. The van der Waals surface area contributed by atoms with E-state index in [1.807, 2.05) is 35.2 Å². The van der Waals surface area contributed by atoms with Gasteiger partial charge in [0.15, 0.2) is 0 Å². The van der Waals surface area contributed by atoms with Crippen LogP contribution in [0.25, 0.3) is 0 Å². The van der Waals surface area contributed by atoms with Crippen LogP contribution in [-0.4, -0.2) is 35.1 Å². The van der Waals surface area contributed by atoms with Crippen molar-refractivity contribution in [3.63, 3.8) is 0 Å². The molecule has 1 aromatic carbocycles. The molecule has 1 aliphatic heterocycles. The summed E-state index contributed by atoms with van der Waals surface area (Å²) in [6.07, 6.45) is 1.61. The lowest BCUT2D eigenvalue weighted by atomic mass is 10.1. The number of nitrogens with one attached hydrogen (secondary N) is 3. The lowest BCUT2D eigenvalue weighted by Gasteiger charge is -2.32. The molecule has 0 aliphatic carbocycles. The molecule has 0 saturated carbocycles. The van der Waals surface area contributed by atoms with Gasteiger partial charge in [-0.2, -0.15) is 0 Å². The summed E-state index contributed by atoms with van der Waals surface area (Å²) in [6, 6.07) is 10.8. The van der Waals surface area contributed by atoms with Crippen molar-refractivity contribution < 1.29 is 4.79 Å². The Morgan fingerprint density at radius 1 is 1.25 bits per heavy atom. The second kappa shape index (κ2) is 7.16. The van der Waals surface area contributed by atoms with Gasteiger partial charge in [0.25, 0.3) is 5.56 Å². The number of hydrogen-bond donors (Lipinski definition) is 3. The van der Waals surface area contributed by atoms with E-state index in [-0.39, 0.29) is 17.6 Å². The number of aromatic nitrogens is 2. The number of H-pyrrole nitrogens is 1. The highest BCUT2D eigenvalue weighted by Gasteiger charge is 2.22. The summed E-state index contributed by atoms with van der Waals surface area (Å²) >= 11 is 0. The van der Waals surface area contributed by atoms with Crippen molar-refractivity contribution in [1.82, 2.24) is 15.3 Å². The second-order valence-electron chi connectivity index (χ2n) is 5.94. The molecule has 1 aromatic heterocycles. The minimum atomic E-state index is -0.193. The number of urea groups is 1. The standard InChI is InChI=1S/C17H21N5O2/c1-12-11-15(23)21-16(18-12)22-9-7-14(8-10-22)20-17(24)19-13-5-3-2-4-6-13/h2-6,11,14H,7-10H2,1H3,(H,18,21,23)(H2,19,20,24). The number of aromatic amines is 1. The first-order valence-corrected chi connectivity index (χ1v) is 8.05. The number of benzene rings is 1. The zero-order valence-corrected chi connectivity index (χ0v) is 13.6. The van der Waals surface area contributed by atoms with E-state index < -0.39 is 0 Å². The summed E-state index contributed by atoms with van der Waals surface area (Å²) in [5.41, 5.74) is 1.34. The molecule has 7 nitrogen and oxygen atoms in total. The van der Waals surface area contributed by atoms with E-state index >= 15 is 0 Å². The van der Waals surface area contributed by atoms with Crippen LogP contribution in [0.4, 0.5) is 16.4 Å². The molecule has 2 amide bonds. The van der Waals surface area contributed by atoms with Crippen LogP contribution in [0.2, 0.25) is 0 Å². The number of para-hydroxylation sites is 1. The van der Waals surface area contributed by atoms with Gasteiger partial charge in [-0.05, 0) is 31.9 Å². The van der Waals surface area contributed by atoms with E-state index in [1.165, 1.54) is 6.07 Å². The van der Waals surface area contributed by atoms with E-state index in [0.717, 1.165) is 31.6 Å². The third kappa shape index (κ3) is 4.13. The first kappa shape index (κ1) is 16.0. The monoisotopic (exact) mass is 327 g/mol. The maximum atomic E-state index is 12.0. The van der Waals surface area contributed by atoms with Crippen LogP contribution in [0.1, 0.15) is 18.5 Å². The first-order chi connectivity index (χ1) is 11.6. The Labute approximate surface area is 140 Å². The normalized spacial score (nSPS) is 15.1. The number of carbonyl (C=O) groups excluding carboxylic acids is 1. The average Bonchev–Trinajstić information content (AvgIpc) is 2.55. The topological polar surface area (TPSA) is 90.1 Å². The molecule has 1 aliphatic rings. The number of piperidine rings is 1. The van der Waals surface area contributed by atoms with Gasteiger partial charge >= 0.3 is 6.03 Å². The summed E-state index contributed by atoms with van der Waals surface area (Å²) in [5.74, 6) is 0.604. The molecule has 0 atom stereocenters. The molecule has 2 heterocycles. The number of nitrogens with zero attached hydrogens (tertiary/aromatic N) is 2. The Balaban J connectivity index is 1.51. The van der Waals surface area contributed by atoms with Crippen LogP contribution < -0.4 is 21.1 Å². The van der Waals surface area contributed by atoms with Crippen molar-refractivity contribution in [2.24, 2.45) is 0 Å². The number of aryl methyl sites for hydroxylation is 1. The van der Waals surface area contributed by atoms with E-state index in [4.69, 9.17) is 0 Å². The molecule has 0 radical (unpaired) electrons. The first-order valence-electron chi connectivity index (χ1n) is 8.05. The van der Waals surface area contributed by atoms with Gasteiger partial charge in [-0.1, -0.05) is 18.2 Å². The van der Waals surface area contributed by atoms with E-state index in [1.54, 1.807) is 6.92 Å². The smallest absolute Gasteiger partial charge is 0.319 e. The molecule has 3 N–H and O–H groups in total. The fourth-order valence-electron chi connectivity index (χ4n) is 2.82. The lowest BCUT2D eigenvalue weighted by molar-refractivity contribution is 0.246. The van der Waals surface area contributed by atoms with Gasteiger partial charge < -0.3 is 15.5 Å². The van der Waals surface area contributed by atoms with Crippen LogP contribution >= 0.6 is 0 Å². The third-order valence-corrected chi connectivity index (χ3v) is 4.02. The van der Waals surface area contributed by atoms with Crippen LogP contribution in [0, 0.1) is 6.92 Å². The van der Waals surface area contributed by atoms with Crippen molar-refractivity contribution in [2.45, 2.75) is 25.8 Å². The number of hydrogen-bond acceptors (Lipinski definition) is 4. The van der Waals surface area contributed by atoms with E-state index in [0.29, 0.717) is 11.6 Å². The molecule has 0 spiro atoms. The third-order valence-electron chi connectivity index (χ3n) is 4.02. The number of anilines is 2.